The van der Waals surface area contributed by atoms with Crippen LogP contribution in [-0.4, -0.2) is 54.0 Å². The van der Waals surface area contributed by atoms with Crippen molar-refractivity contribution in [2.45, 2.75) is 31.4 Å². The molecule has 1 saturated carbocycles. The molecule has 0 heterocycles. The molecular formula is C10H20NO3+. The van der Waals surface area contributed by atoms with E-state index in [0.717, 1.165) is 12.8 Å². The van der Waals surface area contributed by atoms with Gasteiger partial charge < -0.3 is 14.7 Å². The lowest BCUT2D eigenvalue weighted by molar-refractivity contribution is -0.901. The number of carboxylic acid groups (broad SMARTS) is 1. The molecule has 1 fully saturated rings. The molecule has 0 saturated heterocycles. The lowest BCUT2D eigenvalue weighted by Crippen LogP contribution is -2.56. The Balaban J connectivity index is 2.76. The lowest BCUT2D eigenvalue weighted by Gasteiger charge is -2.41. The van der Waals surface area contributed by atoms with Crippen molar-refractivity contribution >= 4 is 5.97 Å². The van der Waals surface area contributed by atoms with Gasteiger partial charge in [0.1, 0.15) is 12.1 Å². The minimum atomic E-state index is -0.865. The first-order chi connectivity index (χ1) is 6.34. The molecule has 1 aliphatic rings. The number of aliphatic carboxylic acids is 1. The van der Waals surface area contributed by atoms with Gasteiger partial charge in [0.15, 0.2) is 0 Å². The van der Waals surface area contributed by atoms with Crippen molar-refractivity contribution in [3.05, 3.63) is 0 Å². The normalized spacial score (nSPS) is 34.1. The number of hydrogen-bond donors (Lipinski definition) is 2. The minimum absolute atomic E-state index is 0.0462. The maximum Gasteiger partial charge on any atom is 0.309 e. The second kappa shape index (κ2) is 3.87. The summed E-state index contributed by atoms with van der Waals surface area (Å²) in [6.45, 7) is 0. The number of aliphatic hydroxyl groups is 1. The van der Waals surface area contributed by atoms with Gasteiger partial charge in [0.05, 0.1) is 27.1 Å². The van der Waals surface area contributed by atoms with E-state index < -0.39 is 18.0 Å². The van der Waals surface area contributed by atoms with Gasteiger partial charge in [-0.25, -0.2) is 0 Å². The van der Waals surface area contributed by atoms with Gasteiger partial charge in [-0.2, -0.15) is 0 Å². The number of aliphatic hydroxyl groups excluding tert-OH is 1. The standard InChI is InChI=1S/C10H19NO3/c1-11(2,3)8-6-4-5-7(9(8)12)10(13)14/h7-9,12H,4-6H2,1-3H3/p+1/t7-,8-,9+/m0/s1. The monoisotopic (exact) mass is 202 g/mol. The van der Waals surface area contributed by atoms with Gasteiger partial charge in [0.2, 0.25) is 0 Å². The molecule has 0 spiro atoms. The zero-order chi connectivity index (χ0) is 10.9. The third kappa shape index (κ3) is 2.25. The van der Waals surface area contributed by atoms with Crippen LogP contribution in [0, 0.1) is 5.92 Å². The summed E-state index contributed by atoms with van der Waals surface area (Å²) < 4.78 is 0.630. The predicted octanol–water partition coefficient (Wildman–Crippen LogP) is 0.307. The van der Waals surface area contributed by atoms with Crippen molar-refractivity contribution < 1.29 is 19.5 Å². The van der Waals surface area contributed by atoms with Crippen LogP contribution in [0.25, 0.3) is 0 Å². The summed E-state index contributed by atoms with van der Waals surface area (Å²) in [4.78, 5) is 10.9. The molecule has 0 unspecified atom stereocenters. The summed E-state index contributed by atoms with van der Waals surface area (Å²) in [5, 5.41) is 18.9. The molecule has 1 rings (SSSR count). The predicted molar refractivity (Wildman–Crippen MR) is 52.8 cm³/mol. The van der Waals surface area contributed by atoms with Crippen LogP contribution in [0.5, 0.6) is 0 Å². The smallest absolute Gasteiger partial charge is 0.309 e. The third-order valence-corrected chi connectivity index (χ3v) is 3.13. The van der Waals surface area contributed by atoms with E-state index in [1.54, 1.807) is 0 Å². The summed E-state index contributed by atoms with van der Waals surface area (Å²) in [6, 6.07) is 0.0462. The Bertz CT molecular complexity index is 222. The highest BCUT2D eigenvalue weighted by Crippen LogP contribution is 2.29. The second-order valence-electron chi connectivity index (χ2n) is 5.05. The lowest BCUT2D eigenvalue weighted by atomic mass is 9.82. The van der Waals surface area contributed by atoms with E-state index in [2.05, 4.69) is 0 Å². The molecule has 0 aromatic heterocycles. The molecule has 14 heavy (non-hydrogen) atoms. The van der Waals surface area contributed by atoms with Crippen LogP contribution in [0.4, 0.5) is 0 Å². The molecule has 0 radical (unpaired) electrons. The summed E-state index contributed by atoms with van der Waals surface area (Å²) in [7, 11) is 5.99. The maximum atomic E-state index is 10.9. The first kappa shape index (κ1) is 11.5. The Kier molecular flexibility index (Phi) is 3.17. The van der Waals surface area contributed by atoms with Crippen LogP contribution in [0.1, 0.15) is 19.3 Å². The SMILES string of the molecule is C[N+](C)(C)[C@H]1CCC[C@H](C(=O)O)[C@H]1O. The fourth-order valence-electron chi connectivity index (χ4n) is 2.27. The average molecular weight is 202 g/mol. The first-order valence-corrected chi connectivity index (χ1v) is 5.06. The van der Waals surface area contributed by atoms with Gasteiger partial charge in [-0.05, 0) is 12.8 Å². The van der Waals surface area contributed by atoms with E-state index in [4.69, 9.17) is 5.11 Å². The number of carbonyl (C=O) groups is 1. The Morgan fingerprint density at radius 1 is 1.29 bits per heavy atom. The number of likely N-dealkylation sites (N-methyl/N-ethyl adjacent to an activating group) is 1. The van der Waals surface area contributed by atoms with Crippen LogP contribution < -0.4 is 0 Å². The van der Waals surface area contributed by atoms with Crippen LogP contribution >= 0.6 is 0 Å². The van der Waals surface area contributed by atoms with E-state index >= 15 is 0 Å². The molecule has 82 valence electrons. The van der Waals surface area contributed by atoms with Gasteiger partial charge in [-0.1, -0.05) is 0 Å². The van der Waals surface area contributed by atoms with Gasteiger partial charge in [-0.15, -0.1) is 0 Å². The summed E-state index contributed by atoms with van der Waals surface area (Å²) >= 11 is 0. The van der Waals surface area contributed by atoms with E-state index in [1.165, 1.54) is 0 Å². The van der Waals surface area contributed by atoms with Gasteiger partial charge in [0, 0.05) is 6.42 Å². The third-order valence-electron chi connectivity index (χ3n) is 3.13. The van der Waals surface area contributed by atoms with E-state index in [1.807, 2.05) is 21.1 Å². The summed E-state index contributed by atoms with van der Waals surface area (Å²) in [6.07, 6.45) is 1.71. The van der Waals surface area contributed by atoms with Gasteiger partial charge in [0.25, 0.3) is 0 Å². The molecule has 0 aromatic carbocycles. The average Bonchev–Trinajstić information content (AvgIpc) is 2.01. The fourth-order valence-corrected chi connectivity index (χ4v) is 2.27. The van der Waals surface area contributed by atoms with E-state index in [9.17, 15) is 9.90 Å². The zero-order valence-electron chi connectivity index (χ0n) is 9.10. The highest BCUT2D eigenvalue weighted by Gasteiger charge is 2.42. The van der Waals surface area contributed by atoms with Crippen LogP contribution in [0.15, 0.2) is 0 Å². The van der Waals surface area contributed by atoms with Crippen LogP contribution in [0.2, 0.25) is 0 Å². The molecule has 0 amide bonds. The Morgan fingerprint density at radius 3 is 2.29 bits per heavy atom. The molecular weight excluding hydrogens is 182 g/mol. The number of hydrogen-bond acceptors (Lipinski definition) is 2. The molecule has 0 bridgehead atoms. The Hall–Kier alpha value is -0.610. The highest BCUT2D eigenvalue weighted by atomic mass is 16.4. The molecule has 3 atom stereocenters. The quantitative estimate of drug-likeness (QED) is 0.633. The van der Waals surface area contributed by atoms with E-state index in [-0.39, 0.29) is 6.04 Å². The topological polar surface area (TPSA) is 57.5 Å². The molecule has 2 N–H and O–H groups in total. The van der Waals surface area contributed by atoms with Crippen molar-refractivity contribution in [1.82, 2.24) is 0 Å². The Morgan fingerprint density at radius 2 is 1.86 bits per heavy atom. The molecule has 4 nitrogen and oxygen atoms in total. The number of quaternary nitrogens is 1. The molecule has 1 aliphatic carbocycles. The van der Waals surface area contributed by atoms with E-state index in [0.29, 0.717) is 10.9 Å². The van der Waals surface area contributed by atoms with Crippen molar-refractivity contribution in [2.24, 2.45) is 5.92 Å². The Labute approximate surface area is 84.7 Å². The number of nitrogens with zero attached hydrogens (tertiary/aromatic N) is 1. The second-order valence-corrected chi connectivity index (χ2v) is 5.05. The summed E-state index contributed by atoms with van der Waals surface area (Å²) in [5.74, 6) is -1.44. The maximum absolute atomic E-state index is 10.9. The number of rotatable bonds is 2. The minimum Gasteiger partial charge on any atom is -0.481 e. The van der Waals surface area contributed by atoms with Crippen LogP contribution in [-0.2, 0) is 4.79 Å². The van der Waals surface area contributed by atoms with Gasteiger partial charge >= 0.3 is 5.97 Å². The van der Waals surface area contributed by atoms with Crippen LogP contribution in [0.3, 0.4) is 0 Å². The first-order valence-electron chi connectivity index (χ1n) is 5.06. The molecule has 0 aliphatic heterocycles. The highest BCUT2D eigenvalue weighted by molar-refractivity contribution is 5.70. The fraction of sp³-hybridized carbons (Fsp3) is 0.900. The largest absolute Gasteiger partial charge is 0.481 e. The molecule has 0 aromatic rings. The number of carboxylic acids is 1. The molecule has 4 heteroatoms. The summed E-state index contributed by atoms with van der Waals surface area (Å²) in [5.41, 5.74) is 0. The van der Waals surface area contributed by atoms with Gasteiger partial charge in [-0.3, -0.25) is 4.79 Å². The van der Waals surface area contributed by atoms with Crippen molar-refractivity contribution in [3.63, 3.8) is 0 Å². The van der Waals surface area contributed by atoms with Crippen molar-refractivity contribution in [3.8, 4) is 0 Å². The zero-order valence-corrected chi connectivity index (χ0v) is 9.10. The van der Waals surface area contributed by atoms with Crippen molar-refractivity contribution in [2.75, 3.05) is 21.1 Å². The van der Waals surface area contributed by atoms with Crippen molar-refractivity contribution in [1.29, 1.82) is 0 Å².